The van der Waals surface area contributed by atoms with Crippen LogP contribution in [0.4, 0.5) is 4.39 Å². The molecule has 3 aromatic rings. The Kier molecular flexibility index (Phi) is 5.81. The SMILES string of the molecule is Cc1ccc(C2=C(SCc3ccccc3)C(=O)N(Cc3ccccc3F)C2=O)cc1. The Morgan fingerprint density at radius 1 is 0.833 bits per heavy atom. The summed E-state index contributed by atoms with van der Waals surface area (Å²) < 4.78 is 14.2. The van der Waals surface area contributed by atoms with Gasteiger partial charge in [-0.1, -0.05) is 78.4 Å². The average molecular weight is 418 g/mol. The predicted molar refractivity (Wildman–Crippen MR) is 118 cm³/mol. The van der Waals surface area contributed by atoms with Gasteiger partial charge in [0.25, 0.3) is 11.8 Å². The highest BCUT2D eigenvalue weighted by Crippen LogP contribution is 2.38. The molecular formula is C25H20FNO2S. The van der Waals surface area contributed by atoms with E-state index in [-0.39, 0.29) is 18.4 Å². The van der Waals surface area contributed by atoms with E-state index in [0.717, 1.165) is 16.0 Å². The Balaban J connectivity index is 1.68. The van der Waals surface area contributed by atoms with Crippen molar-refractivity contribution in [3.05, 3.63) is 112 Å². The van der Waals surface area contributed by atoms with Gasteiger partial charge in [0, 0.05) is 11.3 Å². The Morgan fingerprint density at radius 3 is 2.20 bits per heavy atom. The summed E-state index contributed by atoms with van der Waals surface area (Å²) in [6.07, 6.45) is 0. The van der Waals surface area contributed by atoms with E-state index in [9.17, 15) is 14.0 Å². The summed E-state index contributed by atoms with van der Waals surface area (Å²) in [5, 5.41) is 0. The minimum Gasteiger partial charge on any atom is -0.269 e. The molecule has 1 aliphatic heterocycles. The number of carbonyl (C=O) groups is 2. The van der Waals surface area contributed by atoms with Crippen LogP contribution in [-0.2, 0) is 21.9 Å². The Labute approximate surface area is 179 Å². The number of carbonyl (C=O) groups excluding carboxylic acids is 2. The molecule has 0 spiro atoms. The molecule has 0 N–H and O–H groups in total. The topological polar surface area (TPSA) is 37.4 Å². The van der Waals surface area contributed by atoms with E-state index in [2.05, 4.69) is 0 Å². The third kappa shape index (κ3) is 4.07. The fourth-order valence-electron chi connectivity index (χ4n) is 3.33. The van der Waals surface area contributed by atoms with Crippen molar-refractivity contribution >= 4 is 29.1 Å². The average Bonchev–Trinajstić information content (AvgIpc) is 2.99. The third-order valence-corrected chi connectivity index (χ3v) is 6.12. The molecule has 0 aromatic heterocycles. The molecule has 0 atom stereocenters. The summed E-state index contributed by atoms with van der Waals surface area (Å²) in [6, 6.07) is 23.5. The zero-order valence-electron chi connectivity index (χ0n) is 16.5. The minimum absolute atomic E-state index is 0.0882. The molecule has 0 saturated heterocycles. The monoisotopic (exact) mass is 417 g/mol. The first kappa shape index (κ1) is 20.1. The lowest BCUT2D eigenvalue weighted by Crippen LogP contribution is -2.31. The number of halogens is 1. The smallest absolute Gasteiger partial charge is 0.268 e. The van der Waals surface area contributed by atoms with E-state index in [1.54, 1.807) is 18.2 Å². The molecule has 0 radical (unpaired) electrons. The van der Waals surface area contributed by atoms with E-state index in [1.807, 2.05) is 61.5 Å². The number of thioether (sulfide) groups is 1. The highest BCUT2D eigenvalue weighted by Gasteiger charge is 2.39. The van der Waals surface area contributed by atoms with Crippen molar-refractivity contribution in [2.45, 2.75) is 19.2 Å². The second-order valence-electron chi connectivity index (χ2n) is 7.13. The van der Waals surface area contributed by atoms with Gasteiger partial charge < -0.3 is 0 Å². The number of benzene rings is 3. The van der Waals surface area contributed by atoms with Gasteiger partial charge in [-0.25, -0.2) is 4.39 Å². The van der Waals surface area contributed by atoms with Gasteiger partial charge in [0.05, 0.1) is 17.0 Å². The molecule has 150 valence electrons. The molecule has 0 unspecified atom stereocenters. The number of rotatable bonds is 6. The van der Waals surface area contributed by atoms with E-state index in [1.165, 1.54) is 17.8 Å². The maximum atomic E-state index is 14.2. The molecule has 0 aliphatic carbocycles. The normalized spacial score (nSPS) is 14.0. The summed E-state index contributed by atoms with van der Waals surface area (Å²) in [7, 11) is 0. The third-order valence-electron chi connectivity index (χ3n) is 4.98. The number of hydrogen-bond acceptors (Lipinski definition) is 3. The summed E-state index contributed by atoms with van der Waals surface area (Å²) in [5.41, 5.74) is 3.53. The molecule has 4 rings (SSSR count). The molecule has 5 heteroatoms. The van der Waals surface area contributed by atoms with Crippen molar-refractivity contribution in [3.63, 3.8) is 0 Å². The van der Waals surface area contributed by atoms with Gasteiger partial charge in [-0.3, -0.25) is 14.5 Å². The van der Waals surface area contributed by atoms with Gasteiger partial charge in [0.15, 0.2) is 0 Å². The highest BCUT2D eigenvalue weighted by molar-refractivity contribution is 8.03. The molecule has 3 aromatic carbocycles. The van der Waals surface area contributed by atoms with E-state index in [4.69, 9.17) is 0 Å². The van der Waals surface area contributed by atoms with Crippen molar-refractivity contribution in [2.24, 2.45) is 0 Å². The fourth-order valence-corrected chi connectivity index (χ4v) is 4.42. The van der Waals surface area contributed by atoms with Gasteiger partial charge in [-0.05, 0) is 24.1 Å². The van der Waals surface area contributed by atoms with Crippen LogP contribution < -0.4 is 0 Å². The molecule has 2 amide bonds. The van der Waals surface area contributed by atoms with E-state index in [0.29, 0.717) is 27.4 Å². The molecule has 3 nitrogen and oxygen atoms in total. The number of aryl methyl sites for hydroxylation is 1. The van der Waals surface area contributed by atoms with Crippen LogP contribution in [0, 0.1) is 12.7 Å². The van der Waals surface area contributed by atoms with Crippen molar-refractivity contribution < 1.29 is 14.0 Å². The van der Waals surface area contributed by atoms with Crippen LogP contribution in [-0.4, -0.2) is 16.7 Å². The second-order valence-corrected chi connectivity index (χ2v) is 8.12. The molecule has 0 fully saturated rings. The van der Waals surface area contributed by atoms with Crippen LogP contribution >= 0.6 is 11.8 Å². The maximum Gasteiger partial charge on any atom is 0.268 e. The maximum absolute atomic E-state index is 14.2. The number of amides is 2. The van der Waals surface area contributed by atoms with Crippen LogP contribution in [0.25, 0.3) is 5.57 Å². The van der Waals surface area contributed by atoms with Crippen LogP contribution in [0.2, 0.25) is 0 Å². The van der Waals surface area contributed by atoms with Crippen molar-refractivity contribution in [1.82, 2.24) is 4.90 Å². The van der Waals surface area contributed by atoms with E-state index >= 15 is 0 Å². The van der Waals surface area contributed by atoms with Gasteiger partial charge in [0.1, 0.15) is 5.82 Å². The largest absolute Gasteiger partial charge is 0.269 e. The summed E-state index contributed by atoms with van der Waals surface area (Å²) in [4.78, 5) is 28.0. The summed E-state index contributed by atoms with van der Waals surface area (Å²) in [5.74, 6) is -0.624. The lowest BCUT2D eigenvalue weighted by molar-refractivity contribution is -0.137. The van der Waals surface area contributed by atoms with Crippen molar-refractivity contribution in [3.8, 4) is 0 Å². The quantitative estimate of drug-likeness (QED) is 0.508. The molecular weight excluding hydrogens is 397 g/mol. The van der Waals surface area contributed by atoms with Crippen LogP contribution in [0.1, 0.15) is 22.3 Å². The zero-order valence-corrected chi connectivity index (χ0v) is 17.3. The van der Waals surface area contributed by atoms with Gasteiger partial charge in [-0.2, -0.15) is 0 Å². The Hall–Kier alpha value is -3.18. The number of nitrogens with zero attached hydrogens (tertiary/aromatic N) is 1. The molecule has 0 saturated carbocycles. The number of hydrogen-bond donors (Lipinski definition) is 0. The first-order valence-electron chi connectivity index (χ1n) is 9.62. The summed E-state index contributed by atoms with van der Waals surface area (Å²) >= 11 is 1.35. The van der Waals surface area contributed by atoms with Crippen LogP contribution in [0.5, 0.6) is 0 Å². The Bertz CT molecular complexity index is 1120. The highest BCUT2D eigenvalue weighted by atomic mass is 32.2. The van der Waals surface area contributed by atoms with Crippen molar-refractivity contribution in [1.29, 1.82) is 0 Å². The molecule has 30 heavy (non-hydrogen) atoms. The Morgan fingerprint density at radius 2 is 1.50 bits per heavy atom. The fraction of sp³-hybridized carbons (Fsp3) is 0.120. The second kappa shape index (κ2) is 8.67. The first-order valence-corrected chi connectivity index (χ1v) is 10.6. The molecule has 0 bridgehead atoms. The van der Waals surface area contributed by atoms with E-state index < -0.39 is 5.82 Å². The van der Waals surface area contributed by atoms with Gasteiger partial charge in [0.2, 0.25) is 0 Å². The van der Waals surface area contributed by atoms with Crippen molar-refractivity contribution in [2.75, 3.05) is 0 Å². The predicted octanol–water partition coefficient (Wildman–Crippen LogP) is 5.35. The van der Waals surface area contributed by atoms with Gasteiger partial charge >= 0.3 is 0 Å². The molecule has 1 heterocycles. The lowest BCUT2D eigenvalue weighted by Gasteiger charge is -2.15. The molecule has 1 aliphatic rings. The standard InChI is InChI=1S/C25H20FNO2S/c1-17-11-13-19(14-12-17)22-23(30-16-18-7-3-2-4-8-18)25(29)27(24(22)28)15-20-9-5-6-10-21(20)26/h2-14H,15-16H2,1H3. The van der Waals surface area contributed by atoms with Crippen LogP contribution in [0.15, 0.2) is 83.8 Å². The lowest BCUT2D eigenvalue weighted by atomic mass is 10.0. The van der Waals surface area contributed by atoms with Gasteiger partial charge in [-0.15, -0.1) is 11.8 Å². The summed E-state index contributed by atoms with van der Waals surface area (Å²) in [6.45, 7) is 1.88. The first-order chi connectivity index (χ1) is 14.5. The zero-order chi connectivity index (χ0) is 21.1. The number of imide groups is 1. The minimum atomic E-state index is -0.430. The van der Waals surface area contributed by atoms with Crippen LogP contribution in [0.3, 0.4) is 0 Å².